The van der Waals surface area contributed by atoms with Crippen LogP contribution in [0.4, 0.5) is 0 Å². The number of benzene rings is 1. The molecule has 1 aromatic heterocycles. The zero-order valence-corrected chi connectivity index (χ0v) is 12.3. The molecule has 0 saturated heterocycles. The first-order valence-corrected chi connectivity index (χ1v) is 6.74. The molecule has 4 nitrogen and oxygen atoms in total. The van der Waals surface area contributed by atoms with Crippen LogP contribution in [0.25, 0.3) is 0 Å². The molecule has 1 heterocycles. The number of rotatable bonds is 5. The molecule has 0 aliphatic rings. The first-order chi connectivity index (χ1) is 9.63. The second-order valence-corrected chi connectivity index (χ2v) is 5.02. The number of nitrogens with two attached hydrogens (primary N) is 1. The van der Waals surface area contributed by atoms with Crippen LogP contribution >= 0.6 is 11.6 Å². The van der Waals surface area contributed by atoms with Crippen molar-refractivity contribution in [1.29, 1.82) is 0 Å². The van der Waals surface area contributed by atoms with Crippen molar-refractivity contribution in [2.75, 3.05) is 7.11 Å². The van der Waals surface area contributed by atoms with Crippen LogP contribution < -0.4 is 16.0 Å². The molecule has 1 atom stereocenters. The van der Waals surface area contributed by atoms with E-state index in [2.05, 4.69) is 10.4 Å². The molecule has 0 saturated carbocycles. The van der Waals surface area contributed by atoms with Crippen LogP contribution in [0.2, 0.25) is 5.02 Å². The highest BCUT2D eigenvalue weighted by molar-refractivity contribution is 6.30. The quantitative estimate of drug-likeness (QED) is 0.657. The molecule has 1 unspecified atom stereocenters. The van der Waals surface area contributed by atoms with Crippen LogP contribution in [0, 0.1) is 6.92 Å². The molecule has 0 aliphatic heterocycles. The predicted octanol–water partition coefficient (Wildman–Crippen LogP) is 2.80. The number of methoxy groups -OCH3 is 1. The molecule has 2 rings (SSSR count). The van der Waals surface area contributed by atoms with Crippen molar-refractivity contribution < 1.29 is 4.74 Å². The highest BCUT2D eigenvalue weighted by Gasteiger charge is 2.15. The van der Waals surface area contributed by atoms with Gasteiger partial charge in [0.15, 0.2) is 0 Å². The van der Waals surface area contributed by atoms with Gasteiger partial charge in [0.05, 0.1) is 18.8 Å². The van der Waals surface area contributed by atoms with E-state index in [9.17, 15) is 0 Å². The zero-order chi connectivity index (χ0) is 14.5. The Morgan fingerprint density at radius 3 is 2.80 bits per heavy atom. The summed E-state index contributed by atoms with van der Waals surface area (Å²) in [5, 5.41) is 0.675. The van der Waals surface area contributed by atoms with Gasteiger partial charge in [0, 0.05) is 10.7 Å². The third-order valence-electron chi connectivity index (χ3n) is 3.13. The van der Waals surface area contributed by atoms with Gasteiger partial charge in [-0.2, -0.15) is 0 Å². The van der Waals surface area contributed by atoms with E-state index in [4.69, 9.17) is 22.2 Å². The van der Waals surface area contributed by atoms with E-state index >= 15 is 0 Å². The molecule has 1 aromatic carbocycles. The molecule has 0 amide bonds. The summed E-state index contributed by atoms with van der Waals surface area (Å²) in [5.41, 5.74) is 5.65. The molecule has 0 aliphatic carbocycles. The Labute approximate surface area is 123 Å². The van der Waals surface area contributed by atoms with Gasteiger partial charge in [-0.05, 0) is 49.2 Å². The summed E-state index contributed by atoms with van der Waals surface area (Å²) in [5.74, 6) is 6.46. The summed E-state index contributed by atoms with van der Waals surface area (Å²) in [4.78, 5) is 4.50. The lowest BCUT2D eigenvalue weighted by Crippen LogP contribution is -2.30. The first-order valence-electron chi connectivity index (χ1n) is 6.36. The third kappa shape index (κ3) is 3.48. The predicted molar refractivity (Wildman–Crippen MR) is 80.7 cm³/mol. The molecule has 0 fully saturated rings. The number of halogens is 1. The summed E-state index contributed by atoms with van der Waals surface area (Å²) in [6, 6.07) is 11.3. The number of aryl methyl sites for hydroxylation is 1. The zero-order valence-electron chi connectivity index (χ0n) is 11.6. The van der Waals surface area contributed by atoms with Gasteiger partial charge in [0.2, 0.25) is 0 Å². The van der Waals surface area contributed by atoms with Crippen molar-refractivity contribution in [3.8, 4) is 5.75 Å². The molecule has 2 aromatic rings. The van der Waals surface area contributed by atoms with Gasteiger partial charge < -0.3 is 4.74 Å². The molecular weight excluding hydrogens is 274 g/mol. The molecule has 0 spiro atoms. The van der Waals surface area contributed by atoms with E-state index in [1.165, 1.54) is 0 Å². The second kappa shape index (κ2) is 6.70. The normalized spacial score (nSPS) is 12.2. The van der Waals surface area contributed by atoms with E-state index in [0.29, 0.717) is 11.4 Å². The van der Waals surface area contributed by atoms with E-state index in [0.717, 1.165) is 22.7 Å². The summed E-state index contributed by atoms with van der Waals surface area (Å²) < 4.78 is 5.36. The van der Waals surface area contributed by atoms with Crippen LogP contribution in [-0.4, -0.2) is 12.1 Å². The number of ether oxygens (including phenoxy) is 1. The van der Waals surface area contributed by atoms with Gasteiger partial charge in [0.25, 0.3) is 0 Å². The number of nitrogens with zero attached hydrogens (tertiary/aromatic N) is 1. The topological polar surface area (TPSA) is 60.2 Å². The van der Waals surface area contributed by atoms with E-state index < -0.39 is 0 Å². The minimum Gasteiger partial charge on any atom is -0.496 e. The highest BCUT2D eigenvalue weighted by atomic mass is 35.5. The number of aromatic nitrogens is 1. The maximum atomic E-state index is 6.05. The largest absolute Gasteiger partial charge is 0.496 e. The lowest BCUT2D eigenvalue weighted by Gasteiger charge is -2.17. The molecule has 106 valence electrons. The average molecular weight is 292 g/mol. The molecule has 20 heavy (non-hydrogen) atoms. The Kier molecular flexibility index (Phi) is 4.95. The lowest BCUT2D eigenvalue weighted by molar-refractivity contribution is 0.405. The fourth-order valence-corrected chi connectivity index (χ4v) is 2.33. The van der Waals surface area contributed by atoms with Gasteiger partial charge in [-0.3, -0.25) is 16.3 Å². The number of hydrazine groups is 1. The number of hydrogen-bond donors (Lipinski definition) is 2. The molecule has 0 radical (unpaired) electrons. The SMILES string of the molecule is COc1ccc(Cl)cc1CC(NN)c1cccc(C)n1. The standard InChI is InChI=1S/C15H18ClN3O/c1-10-4-3-5-13(18-10)14(19-17)9-11-8-12(16)6-7-15(11)20-2/h3-8,14,19H,9,17H2,1-2H3. The van der Waals surface area contributed by atoms with Crippen LogP contribution in [0.5, 0.6) is 5.75 Å². The van der Waals surface area contributed by atoms with Crippen molar-refractivity contribution in [2.24, 2.45) is 5.84 Å². The van der Waals surface area contributed by atoms with Gasteiger partial charge in [-0.25, -0.2) is 0 Å². The Bertz CT molecular complexity index is 589. The van der Waals surface area contributed by atoms with Crippen molar-refractivity contribution in [2.45, 2.75) is 19.4 Å². The van der Waals surface area contributed by atoms with Crippen molar-refractivity contribution >= 4 is 11.6 Å². The maximum Gasteiger partial charge on any atom is 0.122 e. The van der Waals surface area contributed by atoms with Crippen LogP contribution in [0.3, 0.4) is 0 Å². The molecule has 5 heteroatoms. The fourth-order valence-electron chi connectivity index (χ4n) is 2.13. The first kappa shape index (κ1) is 14.8. The summed E-state index contributed by atoms with van der Waals surface area (Å²) >= 11 is 6.05. The van der Waals surface area contributed by atoms with Gasteiger partial charge >= 0.3 is 0 Å². The minimum atomic E-state index is -0.0951. The smallest absolute Gasteiger partial charge is 0.122 e. The lowest BCUT2D eigenvalue weighted by atomic mass is 10.0. The van der Waals surface area contributed by atoms with E-state index in [1.54, 1.807) is 13.2 Å². The molecule has 0 bridgehead atoms. The van der Waals surface area contributed by atoms with Gasteiger partial charge in [-0.15, -0.1) is 0 Å². The highest BCUT2D eigenvalue weighted by Crippen LogP contribution is 2.27. The van der Waals surface area contributed by atoms with Crippen LogP contribution in [-0.2, 0) is 6.42 Å². The summed E-state index contributed by atoms with van der Waals surface area (Å²) in [6.07, 6.45) is 0.649. The van der Waals surface area contributed by atoms with Gasteiger partial charge in [0.1, 0.15) is 5.75 Å². The number of nitrogens with one attached hydrogen (secondary N) is 1. The molecule has 3 N–H and O–H groups in total. The Hall–Kier alpha value is -1.62. The Morgan fingerprint density at radius 2 is 2.15 bits per heavy atom. The van der Waals surface area contributed by atoms with E-state index in [1.807, 2.05) is 37.3 Å². The Balaban J connectivity index is 2.28. The molecular formula is C15H18ClN3O. The van der Waals surface area contributed by atoms with Crippen LogP contribution in [0.1, 0.15) is 23.0 Å². The van der Waals surface area contributed by atoms with E-state index in [-0.39, 0.29) is 6.04 Å². The second-order valence-electron chi connectivity index (χ2n) is 4.58. The monoisotopic (exact) mass is 291 g/mol. The fraction of sp³-hybridized carbons (Fsp3) is 0.267. The Morgan fingerprint density at radius 1 is 1.35 bits per heavy atom. The number of hydrogen-bond acceptors (Lipinski definition) is 4. The number of pyridine rings is 1. The van der Waals surface area contributed by atoms with Crippen molar-refractivity contribution in [3.05, 3.63) is 58.4 Å². The maximum absolute atomic E-state index is 6.05. The summed E-state index contributed by atoms with van der Waals surface area (Å²) in [6.45, 7) is 1.96. The average Bonchev–Trinajstić information content (AvgIpc) is 2.45. The third-order valence-corrected chi connectivity index (χ3v) is 3.37. The summed E-state index contributed by atoms with van der Waals surface area (Å²) in [7, 11) is 1.64. The van der Waals surface area contributed by atoms with Crippen molar-refractivity contribution in [1.82, 2.24) is 10.4 Å². The van der Waals surface area contributed by atoms with Crippen molar-refractivity contribution in [3.63, 3.8) is 0 Å². The minimum absolute atomic E-state index is 0.0951. The van der Waals surface area contributed by atoms with Crippen LogP contribution in [0.15, 0.2) is 36.4 Å². The van der Waals surface area contributed by atoms with Gasteiger partial charge in [-0.1, -0.05) is 17.7 Å².